The minimum atomic E-state index is -1.05. The second-order valence-electron chi connectivity index (χ2n) is 15.2. The molecule has 0 saturated carbocycles. The van der Waals surface area contributed by atoms with E-state index >= 15 is 0 Å². The van der Waals surface area contributed by atoms with Crippen molar-refractivity contribution in [1.29, 1.82) is 0 Å². The van der Waals surface area contributed by atoms with Gasteiger partial charge in [0.1, 0.15) is 66.5 Å². The van der Waals surface area contributed by atoms with Gasteiger partial charge < -0.3 is 40.5 Å². The Balaban J connectivity index is 0.000000160. The number of thioether (sulfide) groups is 4. The molecule has 368 valence electrons. The summed E-state index contributed by atoms with van der Waals surface area (Å²) in [5, 5.41) is 7.28. The number of anilines is 4. The van der Waals surface area contributed by atoms with Gasteiger partial charge in [-0.2, -0.15) is 0 Å². The number of H-pyrrole nitrogens is 6. The lowest BCUT2D eigenvalue weighted by Gasteiger charge is -2.54. The Labute approximate surface area is 486 Å². The van der Waals surface area contributed by atoms with Crippen molar-refractivity contribution in [3.8, 4) is 0 Å². The number of thiol groups is 8. The minimum absolute atomic E-state index is 0. The van der Waals surface area contributed by atoms with Crippen LogP contribution in [0.2, 0.25) is 0 Å². The molecule has 13 rings (SSSR count). The van der Waals surface area contributed by atoms with Crippen molar-refractivity contribution in [3.05, 3.63) is 22.6 Å². The van der Waals surface area contributed by atoms with E-state index in [2.05, 4.69) is 127 Å². The van der Waals surface area contributed by atoms with Crippen molar-refractivity contribution in [3.63, 3.8) is 0 Å². The van der Waals surface area contributed by atoms with E-state index < -0.39 is 5.91 Å². The first-order chi connectivity index (χ1) is 33.0. The third-order valence-corrected chi connectivity index (χ3v) is 21.3. The Kier molecular flexibility index (Phi) is 13.6. The molecule has 7 aliphatic rings. The second kappa shape index (κ2) is 18.5. The lowest BCUT2D eigenvalue weighted by molar-refractivity contribution is 0.0625. The van der Waals surface area contributed by atoms with Gasteiger partial charge in [-0.1, -0.05) is 63.7 Å². The second-order valence-corrected chi connectivity index (χ2v) is 23.7. The van der Waals surface area contributed by atoms with E-state index in [4.69, 9.17) is 109 Å². The maximum Gasteiger partial charge on any atom is 0.305 e. The summed E-state index contributed by atoms with van der Waals surface area (Å²) in [7, 11) is 0. The summed E-state index contributed by atoms with van der Waals surface area (Å²) < 4.78 is 6.44. The average molecular weight is 1240 g/mol. The quantitative estimate of drug-likeness (QED) is 0.0455. The molecule has 6 aromatic heterocycles. The number of rotatable bonds is 4. The van der Waals surface area contributed by atoms with Crippen LogP contribution in [0, 0.1) is 0 Å². The Hall–Kier alpha value is -2.28. The Bertz CT molecular complexity index is 3830. The normalized spacial score (nSPS) is 15.9. The molecule has 6 aromatic rings. The lowest BCUT2D eigenvalue weighted by Crippen LogP contribution is -2.67. The Morgan fingerprint density at radius 1 is 0.437 bits per heavy atom. The van der Waals surface area contributed by atoms with Crippen molar-refractivity contribution < 1.29 is 0 Å². The highest BCUT2D eigenvalue weighted by Crippen LogP contribution is 2.64. The van der Waals surface area contributed by atoms with E-state index in [1.165, 1.54) is 0 Å². The molecular formula is C39H36N16S16. The van der Waals surface area contributed by atoms with Crippen LogP contribution in [-0.4, -0.2) is 115 Å². The molecule has 1 spiro atoms. The molecule has 32 heteroatoms. The topological polar surface area (TPSA) is 187 Å². The predicted molar refractivity (Wildman–Crippen MR) is 337 cm³/mol. The zero-order valence-electron chi connectivity index (χ0n) is 34.9. The fraction of sp³-hybridized carbons (Fsp3) is 0.179. The van der Waals surface area contributed by atoms with Crippen molar-refractivity contribution in [1.82, 2.24) is 58.5 Å². The van der Waals surface area contributed by atoms with Crippen LogP contribution in [0.4, 0.5) is 34.9 Å². The lowest BCUT2D eigenvalue weighted by atomic mass is 10.3. The fourth-order valence-electron chi connectivity index (χ4n) is 8.92. The number of hydrogen-bond acceptors (Lipinski definition) is 23. The molecule has 0 aromatic carbocycles. The summed E-state index contributed by atoms with van der Waals surface area (Å²) in [6.07, 6.45) is 8.17. The van der Waals surface area contributed by atoms with Gasteiger partial charge in [0.05, 0.1) is 68.5 Å². The molecule has 71 heavy (non-hydrogen) atoms. The number of aromatic nitrogens is 11. The molecule has 7 aliphatic heterocycles. The van der Waals surface area contributed by atoms with Gasteiger partial charge in [0.2, 0.25) is 0 Å². The monoisotopic (exact) mass is 1240 g/mol. The zero-order chi connectivity index (χ0) is 48.6. The highest BCUT2D eigenvalue weighted by molar-refractivity contribution is 8.02. The highest BCUT2D eigenvalue weighted by atomic mass is 32.2. The van der Waals surface area contributed by atoms with Gasteiger partial charge in [0.25, 0.3) is 0 Å². The largest absolute Gasteiger partial charge is 0.326 e. The van der Waals surface area contributed by atoms with Crippen LogP contribution < -0.4 is 21.6 Å². The third-order valence-electron chi connectivity index (χ3n) is 11.8. The smallest absolute Gasteiger partial charge is 0.305 e. The van der Waals surface area contributed by atoms with Crippen molar-refractivity contribution >= 4 is 295 Å². The van der Waals surface area contributed by atoms with Gasteiger partial charge in [-0.05, 0) is 25.0 Å². The van der Waals surface area contributed by atoms with Crippen molar-refractivity contribution in [2.24, 2.45) is 9.98 Å². The first-order valence-corrected chi connectivity index (χ1v) is 29.6. The van der Waals surface area contributed by atoms with Crippen LogP contribution in [0.5, 0.6) is 0 Å². The van der Waals surface area contributed by atoms with Crippen molar-refractivity contribution in [2.45, 2.75) is 69.7 Å². The predicted octanol–water partition coefficient (Wildman–Crippen LogP) is 10.6. The number of aromatic amines is 6. The summed E-state index contributed by atoms with van der Waals surface area (Å²) in [6.45, 7) is 0. The standard InChI is InChI=1S/C19H12N8S8.C18H16N8S8.2CH4/c1-34-9-10(35-2)18-23-16-8(33)6(31)14-21-12-4(29)3(28)11-20-13-5(30)7(32)15-22-17(9)27(18)19(24(11)12,25(13)15)26(14)16;1-33-9-10(34-2)18-25-16-8(32)6(30)14(23-16)21-12-4(28)3(27)11(19-12)20-13-5(29)7(31)15(22-13)24-17(9)26-18;;/h22-23,30-33H,1-2H3;22,24,26,29,31H,1-2H3,(H,27,28)(H,30,32)(H3,19,20,21,23,25);2*1H4. The number of nitrogens with zero attached hydrogens (tertiary/aromatic N) is 8. The van der Waals surface area contributed by atoms with Crippen LogP contribution in [0.25, 0.3) is 32.4 Å². The van der Waals surface area contributed by atoms with E-state index in [0.29, 0.717) is 116 Å². The number of aliphatic imine (C=N–C) groups is 2. The third kappa shape index (κ3) is 6.91. The number of thiocarbonyl (C=S) groups is 4. The maximum absolute atomic E-state index is 5.82. The van der Waals surface area contributed by atoms with Gasteiger partial charge >= 0.3 is 5.91 Å². The van der Waals surface area contributed by atoms with Crippen LogP contribution in [0.15, 0.2) is 58.9 Å². The summed E-state index contributed by atoms with van der Waals surface area (Å²) in [5.74, 6) is 5.61. The van der Waals surface area contributed by atoms with E-state index in [9.17, 15) is 0 Å². The van der Waals surface area contributed by atoms with Crippen LogP contribution in [0.1, 0.15) is 26.5 Å². The van der Waals surface area contributed by atoms with Gasteiger partial charge in [-0.3, -0.25) is 0 Å². The van der Waals surface area contributed by atoms with E-state index in [0.717, 1.165) is 54.1 Å². The Morgan fingerprint density at radius 2 is 0.831 bits per heavy atom. The number of nitrogens with one attached hydrogen (secondary N) is 8. The van der Waals surface area contributed by atoms with Gasteiger partial charge in [-0.15, -0.1) is 148 Å². The molecule has 1 saturated heterocycles. The molecule has 1 fully saturated rings. The molecule has 16 nitrogen and oxygen atoms in total. The van der Waals surface area contributed by atoms with Crippen LogP contribution in [0.3, 0.4) is 0 Å². The Morgan fingerprint density at radius 3 is 1.30 bits per heavy atom. The molecule has 8 bridgehead atoms. The number of fused-ring (bicyclic) bond motifs is 8. The first-order valence-electron chi connectivity index (χ1n) is 19.5. The summed E-state index contributed by atoms with van der Waals surface area (Å²) in [4.78, 5) is 52.0. The molecule has 0 atom stereocenters. The van der Waals surface area contributed by atoms with Gasteiger partial charge in [-0.25, -0.2) is 38.6 Å². The molecule has 0 aliphatic carbocycles. The SMILES string of the molecule is C.C.CSc1c(SC)c2[nH]c3[nH]c([nH]c4nc([nH]c5nc([nH]c1[nH]2)=C(S)C5=S)=C(S)C4=S)c(S)c3S.CSc1c(SC)c2n3c1Nc1c(S)c(S)c4n1C31N3C(=N4)C(=S)C(=S)C3=Nc3c(S)c(S)c(n31)N2. The van der Waals surface area contributed by atoms with Crippen LogP contribution >= 0.6 is 197 Å². The summed E-state index contributed by atoms with van der Waals surface area (Å²) in [5.41, 5.74) is 3.72. The number of amidine groups is 2. The van der Waals surface area contributed by atoms with Crippen LogP contribution in [-0.2, 0) is 5.91 Å². The first kappa shape index (κ1) is 52.2. The summed E-state index contributed by atoms with van der Waals surface area (Å²) >= 11 is 67.1. The minimum Gasteiger partial charge on any atom is -0.326 e. The molecular weight excluding hydrogens is 1210 g/mol. The number of hydrogen-bond donors (Lipinski definition) is 16. The van der Waals surface area contributed by atoms with Gasteiger partial charge in [0, 0.05) is 0 Å². The fourth-order valence-corrected chi connectivity index (χ4v) is 15.1. The molecule has 0 amide bonds. The molecule has 13 heterocycles. The van der Waals surface area contributed by atoms with E-state index in [-0.39, 0.29) is 14.9 Å². The zero-order valence-corrected chi connectivity index (χ0v) is 48.6. The highest BCUT2D eigenvalue weighted by Gasteiger charge is 2.65. The molecule has 8 N–H and O–H groups in total. The average Bonchev–Trinajstić information content (AvgIpc) is 4.20. The molecule has 0 radical (unpaired) electrons. The van der Waals surface area contributed by atoms with E-state index in [1.54, 1.807) is 47.0 Å². The maximum atomic E-state index is 5.82. The van der Waals surface area contributed by atoms with E-state index in [1.807, 2.05) is 17.4 Å². The van der Waals surface area contributed by atoms with Gasteiger partial charge in [0.15, 0.2) is 35.0 Å². The van der Waals surface area contributed by atoms with Crippen molar-refractivity contribution in [2.75, 3.05) is 35.7 Å². The molecule has 0 unspecified atom stereocenters. The summed E-state index contributed by atoms with van der Waals surface area (Å²) in [6, 6.07) is 0.